The summed E-state index contributed by atoms with van der Waals surface area (Å²) in [6.07, 6.45) is 0. The molecule has 0 amide bonds. The molecular formula is C3H3F3O5SSc+. The van der Waals surface area contributed by atoms with Crippen LogP contribution in [-0.4, -0.2) is 24.4 Å². The number of carboxylic acids is 1. The number of halogens is 3. The molecule has 0 fully saturated rings. The smallest absolute Gasteiger partial charge is 0.741 e. The molecule has 0 radical (unpaired) electrons. The molecule has 0 saturated heterocycles. The molecule has 10 heteroatoms. The first-order valence-corrected chi connectivity index (χ1v) is 3.59. The van der Waals surface area contributed by atoms with Crippen LogP contribution in [0.25, 0.3) is 0 Å². The molecule has 0 rings (SSSR count). The van der Waals surface area contributed by atoms with E-state index in [4.69, 9.17) is 22.9 Å². The van der Waals surface area contributed by atoms with E-state index >= 15 is 0 Å². The van der Waals surface area contributed by atoms with E-state index in [9.17, 15) is 13.2 Å². The third-order valence-corrected chi connectivity index (χ3v) is 0.850. The predicted molar refractivity (Wildman–Crippen MR) is 26.4 cm³/mol. The van der Waals surface area contributed by atoms with Crippen LogP contribution in [0.3, 0.4) is 0 Å². The molecular weight excluding hydrogens is 250 g/mol. The maximum Gasteiger partial charge on any atom is 3.00 e. The minimum atomic E-state index is -6.09. The first kappa shape index (κ1) is 18.8. The van der Waals surface area contributed by atoms with Crippen molar-refractivity contribution in [2.24, 2.45) is 0 Å². The first-order valence-electron chi connectivity index (χ1n) is 2.18. The maximum atomic E-state index is 10.7. The van der Waals surface area contributed by atoms with Gasteiger partial charge in [0.15, 0.2) is 10.1 Å². The van der Waals surface area contributed by atoms with Crippen molar-refractivity contribution >= 4 is 16.1 Å². The normalized spacial score (nSPS) is 10.5. The molecule has 0 spiro atoms. The number of hydrogen-bond acceptors (Lipinski definition) is 5. The first-order chi connectivity index (χ1) is 4.98. The van der Waals surface area contributed by atoms with E-state index in [0.29, 0.717) is 0 Å². The fourth-order valence-corrected chi connectivity index (χ4v) is 0. The van der Waals surface area contributed by atoms with E-state index in [1.165, 1.54) is 0 Å². The largest absolute Gasteiger partial charge is 3.00 e. The molecule has 0 aliphatic heterocycles. The Hall–Kier alpha value is 0.0401. The van der Waals surface area contributed by atoms with Gasteiger partial charge in [-0.2, -0.15) is 13.2 Å². The predicted octanol–water partition coefficient (Wildman–Crippen LogP) is -1.19. The van der Waals surface area contributed by atoms with Crippen molar-refractivity contribution in [1.29, 1.82) is 0 Å². The summed E-state index contributed by atoms with van der Waals surface area (Å²) < 4.78 is 58.9. The van der Waals surface area contributed by atoms with Gasteiger partial charge >= 0.3 is 31.4 Å². The number of hydrogen-bond donors (Lipinski definition) is 0. The molecule has 0 atom stereocenters. The summed E-state index contributed by atoms with van der Waals surface area (Å²) in [6.45, 7) is 0.972. The zero-order chi connectivity index (χ0) is 10.6. The van der Waals surface area contributed by atoms with Gasteiger partial charge in [0.25, 0.3) is 0 Å². The Morgan fingerprint density at radius 3 is 1.38 bits per heavy atom. The Morgan fingerprint density at radius 2 is 1.38 bits per heavy atom. The third kappa shape index (κ3) is 14.9. The van der Waals surface area contributed by atoms with Gasteiger partial charge < -0.3 is 14.5 Å². The number of carboxylic acid groups (broad SMARTS) is 1. The maximum absolute atomic E-state index is 10.7. The van der Waals surface area contributed by atoms with Gasteiger partial charge in [-0.15, -0.1) is 0 Å². The second-order valence-electron chi connectivity index (χ2n) is 1.39. The number of rotatable bonds is 0. The summed E-state index contributed by atoms with van der Waals surface area (Å²) in [5.41, 5.74) is -5.65. The van der Waals surface area contributed by atoms with Crippen LogP contribution in [0, 0.1) is 0 Å². The zero-order valence-electron chi connectivity index (χ0n) is 6.16. The summed E-state index contributed by atoms with van der Waals surface area (Å²) >= 11 is 0. The summed E-state index contributed by atoms with van der Waals surface area (Å²) in [4.78, 5) is 8.89. The van der Waals surface area contributed by atoms with E-state index in [0.717, 1.165) is 6.92 Å². The number of carbonyl (C=O) groups excluding carboxylic acids is 1. The molecule has 5 nitrogen and oxygen atoms in total. The molecule has 74 valence electrons. The van der Waals surface area contributed by atoms with E-state index in [-0.39, 0.29) is 25.8 Å². The Bertz CT molecular complexity index is 240. The van der Waals surface area contributed by atoms with Crippen molar-refractivity contribution < 1.29 is 61.9 Å². The van der Waals surface area contributed by atoms with Gasteiger partial charge in [-0.3, -0.25) is 0 Å². The van der Waals surface area contributed by atoms with E-state index in [2.05, 4.69) is 0 Å². The summed E-state index contributed by atoms with van der Waals surface area (Å²) in [6, 6.07) is 0. The Balaban J connectivity index is -0.000000173. The molecule has 0 N–H and O–H groups in total. The second kappa shape index (κ2) is 6.49. The van der Waals surface area contributed by atoms with E-state index in [1.54, 1.807) is 0 Å². The van der Waals surface area contributed by atoms with Crippen LogP contribution in [0.1, 0.15) is 6.92 Å². The fourth-order valence-electron chi connectivity index (χ4n) is 0. The van der Waals surface area contributed by atoms with Crippen LogP contribution >= 0.6 is 0 Å². The molecule has 0 unspecified atom stereocenters. The van der Waals surface area contributed by atoms with Crippen LogP contribution < -0.4 is 5.11 Å². The Kier molecular flexibility index (Phi) is 9.36. The second-order valence-corrected chi connectivity index (χ2v) is 2.76. The van der Waals surface area contributed by atoms with Crippen LogP contribution in [0.15, 0.2) is 0 Å². The molecule has 0 aromatic carbocycles. The molecule has 0 bridgehead atoms. The standard InChI is InChI=1S/C2H4O2.CHF3O3S.Sc/c1-2(3)4;2-1(3,4)8(5,6)7;/h1H3,(H,3,4);(H,5,6,7);/q;;+3/p-2. The average molecular weight is 253 g/mol. The van der Waals surface area contributed by atoms with Crippen molar-refractivity contribution in [3.05, 3.63) is 0 Å². The van der Waals surface area contributed by atoms with Crippen molar-refractivity contribution in [3.8, 4) is 0 Å². The minimum Gasteiger partial charge on any atom is -0.741 e. The average Bonchev–Trinajstić information content (AvgIpc) is 1.55. The minimum absolute atomic E-state index is 0. The summed E-state index contributed by atoms with van der Waals surface area (Å²) in [5, 5.41) is 8.89. The van der Waals surface area contributed by atoms with E-state index in [1.807, 2.05) is 0 Å². The Morgan fingerprint density at radius 1 is 1.31 bits per heavy atom. The van der Waals surface area contributed by atoms with Gasteiger partial charge in [-0.05, 0) is 6.92 Å². The van der Waals surface area contributed by atoms with Gasteiger partial charge in [0, 0.05) is 5.97 Å². The van der Waals surface area contributed by atoms with Crippen molar-refractivity contribution in [3.63, 3.8) is 0 Å². The van der Waals surface area contributed by atoms with Crippen LogP contribution in [0.4, 0.5) is 13.2 Å². The van der Waals surface area contributed by atoms with Gasteiger partial charge in [-0.1, -0.05) is 0 Å². The third-order valence-electron chi connectivity index (χ3n) is 0.283. The molecule has 0 aliphatic rings. The zero-order valence-corrected chi connectivity index (χ0v) is 8.78. The summed E-state index contributed by atoms with van der Waals surface area (Å²) in [7, 11) is -6.09. The van der Waals surface area contributed by atoms with Crippen LogP contribution in [0.5, 0.6) is 0 Å². The number of alkyl halides is 3. The van der Waals surface area contributed by atoms with Crippen molar-refractivity contribution in [2.45, 2.75) is 12.4 Å². The van der Waals surface area contributed by atoms with Crippen LogP contribution in [0.2, 0.25) is 0 Å². The Labute approximate surface area is 90.5 Å². The van der Waals surface area contributed by atoms with Gasteiger partial charge in [0.1, 0.15) is 0 Å². The van der Waals surface area contributed by atoms with Gasteiger partial charge in [-0.25, -0.2) is 8.42 Å². The monoisotopic (exact) mass is 253 g/mol. The molecule has 13 heavy (non-hydrogen) atoms. The van der Waals surface area contributed by atoms with Crippen molar-refractivity contribution in [1.82, 2.24) is 0 Å². The number of carbonyl (C=O) groups is 1. The molecule has 0 heterocycles. The molecule has 0 aromatic rings. The number of aliphatic carboxylic acids is 1. The molecule has 0 aromatic heterocycles. The van der Waals surface area contributed by atoms with Gasteiger partial charge in [0.2, 0.25) is 0 Å². The topological polar surface area (TPSA) is 97.3 Å². The van der Waals surface area contributed by atoms with Gasteiger partial charge in [0.05, 0.1) is 0 Å². The molecule has 0 saturated carbocycles. The summed E-state index contributed by atoms with van der Waals surface area (Å²) in [5.74, 6) is -1.08. The van der Waals surface area contributed by atoms with E-state index < -0.39 is 21.6 Å². The molecule has 0 aliphatic carbocycles. The quantitative estimate of drug-likeness (QED) is 0.399. The van der Waals surface area contributed by atoms with Crippen LogP contribution in [-0.2, 0) is 40.8 Å². The fraction of sp³-hybridized carbons (Fsp3) is 0.667. The van der Waals surface area contributed by atoms with Crippen molar-refractivity contribution in [2.75, 3.05) is 0 Å². The SMILES string of the molecule is CC(=O)[O-].O=S(=O)([O-])C(F)(F)F.[Sc+3].